The van der Waals surface area contributed by atoms with E-state index in [-0.39, 0.29) is 12.0 Å². The zero-order valence-corrected chi connectivity index (χ0v) is 7.36. The smallest absolute Gasteiger partial charge is 0.336 e. The molecule has 0 heterocycles. The number of hydrogen-bond donors (Lipinski definition) is 1. The normalized spacial score (nSPS) is 8.57. The molecule has 70 valence electrons. The van der Waals surface area contributed by atoms with Crippen molar-refractivity contribution in [1.29, 1.82) is 0 Å². The molecule has 0 fully saturated rings. The summed E-state index contributed by atoms with van der Waals surface area (Å²) < 4.78 is 0. The Morgan fingerprint density at radius 1 is 1.43 bits per heavy atom. The van der Waals surface area contributed by atoms with Gasteiger partial charge in [-0.3, -0.25) is 0 Å². The van der Waals surface area contributed by atoms with Crippen LogP contribution >= 0.6 is 0 Å². The van der Waals surface area contributed by atoms with E-state index in [9.17, 15) is 9.59 Å². The van der Waals surface area contributed by atoms with Crippen LogP contribution in [0.25, 0.3) is 0 Å². The molecule has 0 spiro atoms. The number of hydrogen-bond acceptors (Lipinski definition) is 2. The highest BCUT2D eigenvalue weighted by molar-refractivity contribution is 5.90. The van der Waals surface area contributed by atoms with Crippen molar-refractivity contribution >= 4 is 12.3 Å². The first-order valence-corrected chi connectivity index (χ1v) is 4.00. The molecule has 0 aliphatic rings. The second-order valence-electron chi connectivity index (χ2n) is 2.52. The van der Waals surface area contributed by atoms with Crippen molar-refractivity contribution in [2.45, 2.75) is 6.42 Å². The summed E-state index contributed by atoms with van der Waals surface area (Å²) in [6.45, 7) is 0. The Hall–Kier alpha value is -2.08. The maximum Gasteiger partial charge on any atom is 0.336 e. The van der Waals surface area contributed by atoms with E-state index >= 15 is 0 Å². The van der Waals surface area contributed by atoms with Gasteiger partial charge in [0.05, 0.1) is 12.0 Å². The van der Waals surface area contributed by atoms with Crippen LogP contribution in [0.5, 0.6) is 0 Å². The highest BCUT2D eigenvalue weighted by atomic mass is 16.4. The van der Waals surface area contributed by atoms with Crippen LogP contribution in [0.1, 0.15) is 22.3 Å². The zero-order chi connectivity index (χ0) is 10.4. The Morgan fingerprint density at radius 3 is 2.79 bits per heavy atom. The summed E-state index contributed by atoms with van der Waals surface area (Å²) in [5.74, 6) is 4.19. The van der Waals surface area contributed by atoms with Gasteiger partial charge in [0.25, 0.3) is 0 Å². The molecule has 3 nitrogen and oxygen atoms in total. The summed E-state index contributed by atoms with van der Waals surface area (Å²) in [4.78, 5) is 20.7. The zero-order valence-electron chi connectivity index (χ0n) is 7.36. The molecule has 0 saturated carbocycles. The number of carboxylic acids is 1. The third-order valence-corrected chi connectivity index (χ3v) is 1.57. The average Bonchev–Trinajstić information content (AvgIpc) is 2.19. The molecule has 0 bridgehead atoms. The number of aldehydes is 1. The minimum absolute atomic E-state index is 0.119. The van der Waals surface area contributed by atoms with Crippen LogP contribution in [0.3, 0.4) is 0 Å². The van der Waals surface area contributed by atoms with Crippen LogP contribution in [0.15, 0.2) is 24.3 Å². The van der Waals surface area contributed by atoms with Crippen molar-refractivity contribution in [3.63, 3.8) is 0 Å². The molecule has 0 unspecified atom stereocenters. The molecule has 3 heteroatoms. The number of carbonyl (C=O) groups is 2. The topological polar surface area (TPSA) is 54.4 Å². The maximum atomic E-state index is 10.7. The number of carbonyl (C=O) groups excluding carboxylic acids is 1. The van der Waals surface area contributed by atoms with Crippen LogP contribution in [0.2, 0.25) is 0 Å². The van der Waals surface area contributed by atoms with E-state index in [1.807, 2.05) is 0 Å². The lowest BCUT2D eigenvalue weighted by molar-refractivity contribution is -0.107. The van der Waals surface area contributed by atoms with E-state index in [0.717, 1.165) is 0 Å². The standard InChI is InChI=1S/C11H8O3/c12-8-4-3-6-9-5-1-2-7-10(9)11(13)14/h1-2,5,7-8H,4H2,(H,13,14). The molecule has 0 aliphatic heterocycles. The lowest BCUT2D eigenvalue weighted by atomic mass is 10.1. The van der Waals surface area contributed by atoms with Crippen LogP contribution in [-0.2, 0) is 4.79 Å². The van der Waals surface area contributed by atoms with E-state index in [1.54, 1.807) is 18.2 Å². The van der Waals surface area contributed by atoms with Crippen molar-refractivity contribution in [1.82, 2.24) is 0 Å². The monoisotopic (exact) mass is 188 g/mol. The Bertz CT molecular complexity index is 410. The maximum absolute atomic E-state index is 10.7. The van der Waals surface area contributed by atoms with Crippen molar-refractivity contribution < 1.29 is 14.7 Å². The van der Waals surface area contributed by atoms with Crippen molar-refractivity contribution in [3.8, 4) is 11.8 Å². The molecule has 14 heavy (non-hydrogen) atoms. The third-order valence-electron chi connectivity index (χ3n) is 1.57. The van der Waals surface area contributed by atoms with Gasteiger partial charge in [0.1, 0.15) is 6.29 Å². The molecule has 1 aromatic rings. The van der Waals surface area contributed by atoms with Gasteiger partial charge < -0.3 is 9.90 Å². The van der Waals surface area contributed by atoms with Crippen molar-refractivity contribution in [3.05, 3.63) is 35.4 Å². The van der Waals surface area contributed by atoms with Gasteiger partial charge >= 0.3 is 5.97 Å². The lowest BCUT2D eigenvalue weighted by Gasteiger charge is -1.96. The fraction of sp³-hybridized carbons (Fsp3) is 0.0909. The number of carboxylic acid groups (broad SMARTS) is 1. The quantitative estimate of drug-likeness (QED) is 0.562. The predicted molar refractivity (Wildman–Crippen MR) is 51.0 cm³/mol. The molecule has 0 aliphatic carbocycles. The van der Waals surface area contributed by atoms with Gasteiger partial charge in [-0.05, 0) is 12.1 Å². The van der Waals surface area contributed by atoms with Crippen LogP contribution < -0.4 is 0 Å². The number of rotatable bonds is 2. The molecule has 1 aromatic carbocycles. The van der Waals surface area contributed by atoms with E-state index in [2.05, 4.69) is 11.8 Å². The summed E-state index contributed by atoms with van der Waals surface area (Å²) in [5.41, 5.74) is 0.591. The first-order chi connectivity index (χ1) is 6.75. The van der Waals surface area contributed by atoms with E-state index in [4.69, 9.17) is 5.11 Å². The molecule has 0 saturated heterocycles. The Morgan fingerprint density at radius 2 is 2.14 bits per heavy atom. The summed E-state index contributed by atoms with van der Waals surface area (Å²) in [6.07, 6.45) is 0.796. The highest BCUT2D eigenvalue weighted by Crippen LogP contribution is 2.06. The molecule has 0 amide bonds. The fourth-order valence-electron chi connectivity index (χ4n) is 0.967. The van der Waals surface area contributed by atoms with E-state index < -0.39 is 5.97 Å². The summed E-state index contributed by atoms with van der Waals surface area (Å²) in [5, 5.41) is 8.78. The van der Waals surface area contributed by atoms with Gasteiger partial charge in [-0.1, -0.05) is 24.0 Å². The minimum atomic E-state index is -1.01. The fourth-order valence-corrected chi connectivity index (χ4v) is 0.967. The van der Waals surface area contributed by atoms with Gasteiger partial charge in [-0.15, -0.1) is 0 Å². The van der Waals surface area contributed by atoms with Gasteiger partial charge in [-0.2, -0.15) is 0 Å². The van der Waals surface area contributed by atoms with Crippen molar-refractivity contribution in [2.75, 3.05) is 0 Å². The molecule has 1 N–H and O–H groups in total. The Labute approximate surface area is 81.4 Å². The van der Waals surface area contributed by atoms with Crippen LogP contribution in [-0.4, -0.2) is 17.4 Å². The second-order valence-corrected chi connectivity index (χ2v) is 2.52. The summed E-state index contributed by atoms with van der Waals surface area (Å²) >= 11 is 0. The van der Waals surface area contributed by atoms with Crippen molar-refractivity contribution in [2.24, 2.45) is 0 Å². The lowest BCUT2D eigenvalue weighted by Crippen LogP contribution is -1.99. The first-order valence-electron chi connectivity index (χ1n) is 4.00. The van der Waals surface area contributed by atoms with E-state index in [1.165, 1.54) is 6.07 Å². The predicted octanol–water partition coefficient (Wildman–Crippen LogP) is 1.33. The summed E-state index contributed by atoms with van der Waals surface area (Å²) in [6, 6.07) is 6.43. The van der Waals surface area contributed by atoms with Gasteiger partial charge in [0.2, 0.25) is 0 Å². The molecular weight excluding hydrogens is 180 g/mol. The van der Waals surface area contributed by atoms with Gasteiger partial charge in [0, 0.05) is 5.56 Å². The first kappa shape index (κ1) is 10.0. The molecule has 1 rings (SSSR count). The highest BCUT2D eigenvalue weighted by Gasteiger charge is 2.05. The second kappa shape index (κ2) is 4.83. The van der Waals surface area contributed by atoms with Crippen LogP contribution in [0.4, 0.5) is 0 Å². The molecular formula is C11H8O3. The molecule has 0 atom stereocenters. The molecule has 0 aromatic heterocycles. The third kappa shape index (κ3) is 2.46. The number of aromatic carboxylic acids is 1. The largest absolute Gasteiger partial charge is 0.478 e. The minimum Gasteiger partial charge on any atom is -0.478 e. The SMILES string of the molecule is O=CCC#Cc1ccccc1C(=O)O. The Kier molecular flexibility index (Phi) is 3.45. The van der Waals surface area contributed by atoms with Crippen LogP contribution in [0, 0.1) is 11.8 Å². The molecule has 0 radical (unpaired) electrons. The number of benzene rings is 1. The average molecular weight is 188 g/mol. The summed E-state index contributed by atoms with van der Waals surface area (Å²) in [7, 11) is 0. The van der Waals surface area contributed by atoms with Gasteiger partial charge in [-0.25, -0.2) is 4.79 Å². The Balaban J connectivity index is 3.03. The van der Waals surface area contributed by atoms with E-state index in [0.29, 0.717) is 11.8 Å². The van der Waals surface area contributed by atoms with Gasteiger partial charge in [0.15, 0.2) is 0 Å².